The second kappa shape index (κ2) is 7.21. The first kappa shape index (κ1) is 16.9. The predicted octanol–water partition coefficient (Wildman–Crippen LogP) is 3.67. The van der Waals surface area contributed by atoms with Crippen molar-refractivity contribution >= 4 is 5.82 Å². The van der Waals surface area contributed by atoms with Crippen molar-refractivity contribution in [2.45, 2.75) is 12.8 Å². The first-order valence-electron chi connectivity index (χ1n) is 6.88. The van der Waals surface area contributed by atoms with Crippen LogP contribution in [0.15, 0.2) is 42.6 Å². The molecule has 23 heavy (non-hydrogen) atoms. The topological polar surface area (TPSA) is 34.6 Å². The van der Waals surface area contributed by atoms with Gasteiger partial charge in [0.2, 0.25) is 0 Å². The lowest BCUT2D eigenvalue weighted by Crippen LogP contribution is -2.19. The monoisotopic (exact) mass is 326 g/mol. The Kier molecular flexibility index (Phi) is 5.31. The molecule has 0 bridgehead atoms. The Bertz CT molecular complexity index is 628. The van der Waals surface area contributed by atoms with Gasteiger partial charge in [0, 0.05) is 20.3 Å². The van der Waals surface area contributed by atoms with Gasteiger partial charge in [-0.15, -0.1) is 0 Å². The van der Waals surface area contributed by atoms with Gasteiger partial charge in [-0.2, -0.15) is 13.2 Å². The highest BCUT2D eigenvalue weighted by Crippen LogP contribution is 2.22. The van der Waals surface area contributed by atoms with E-state index in [9.17, 15) is 13.2 Å². The number of rotatable bonds is 6. The average molecular weight is 326 g/mol. The average Bonchev–Trinajstić information content (AvgIpc) is 2.51. The maximum Gasteiger partial charge on any atom is 0.422 e. The predicted molar refractivity (Wildman–Crippen MR) is 80.9 cm³/mol. The van der Waals surface area contributed by atoms with Crippen LogP contribution < -0.4 is 14.4 Å². The summed E-state index contributed by atoms with van der Waals surface area (Å²) in [5, 5.41) is 0. The summed E-state index contributed by atoms with van der Waals surface area (Å²) in [6.07, 6.45) is -2.65. The van der Waals surface area contributed by atoms with Gasteiger partial charge in [-0.3, -0.25) is 0 Å². The van der Waals surface area contributed by atoms with Crippen molar-refractivity contribution in [3.63, 3.8) is 0 Å². The zero-order valence-electron chi connectivity index (χ0n) is 12.8. The van der Waals surface area contributed by atoms with Crippen LogP contribution in [0.2, 0.25) is 0 Å². The van der Waals surface area contributed by atoms with Gasteiger partial charge in [0.05, 0.1) is 0 Å². The third-order valence-electron chi connectivity index (χ3n) is 2.90. The van der Waals surface area contributed by atoms with Crippen LogP contribution in [0.5, 0.6) is 11.5 Å². The summed E-state index contributed by atoms with van der Waals surface area (Å²) < 4.78 is 46.4. The zero-order valence-corrected chi connectivity index (χ0v) is 12.8. The molecule has 2 rings (SSSR count). The minimum absolute atomic E-state index is 0.147. The Morgan fingerprint density at radius 1 is 1.00 bits per heavy atom. The van der Waals surface area contributed by atoms with E-state index in [0.717, 1.165) is 11.4 Å². The summed E-state index contributed by atoms with van der Waals surface area (Å²) in [4.78, 5) is 6.09. The van der Waals surface area contributed by atoms with Crippen LogP contribution in [0, 0.1) is 0 Å². The Balaban J connectivity index is 1.90. The van der Waals surface area contributed by atoms with Gasteiger partial charge >= 0.3 is 6.18 Å². The molecule has 0 aliphatic carbocycles. The lowest BCUT2D eigenvalue weighted by Gasteiger charge is -2.13. The van der Waals surface area contributed by atoms with E-state index >= 15 is 0 Å². The van der Waals surface area contributed by atoms with Crippen molar-refractivity contribution in [3.8, 4) is 11.5 Å². The molecule has 0 atom stereocenters. The van der Waals surface area contributed by atoms with Crippen LogP contribution in [0.3, 0.4) is 0 Å². The van der Waals surface area contributed by atoms with Crippen LogP contribution in [0.25, 0.3) is 0 Å². The minimum Gasteiger partial charge on any atom is -0.489 e. The van der Waals surface area contributed by atoms with Gasteiger partial charge < -0.3 is 14.4 Å². The number of halogens is 3. The quantitative estimate of drug-likeness (QED) is 0.811. The molecule has 0 amide bonds. The van der Waals surface area contributed by atoms with E-state index in [4.69, 9.17) is 4.74 Å². The number of ether oxygens (including phenoxy) is 2. The molecule has 0 N–H and O–H groups in total. The number of benzene rings is 1. The van der Waals surface area contributed by atoms with Crippen LogP contribution >= 0.6 is 0 Å². The highest BCUT2D eigenvalue weighted by molar-refractivity contribution is 5.39. The van der Waals surface area contributed by atoms with Crippen LogP contribution in [0.4, 0.5) is 19.0 Å². The third-order valence-corrected chi connectivity index (χ3v) is 2.90. The van der Waals surface area contributed by atoms with E-state index in [1.165, 1.54) is 12.1 Å². The molecule has 0 aliphatic rings. The number of alkyl halides is 3. The second-order valence-electron chi connectivity index (χ2n) is 5.08. The summed E-state index contributed by atoms with van der Waals surface area (Å²) in [5.41, 5.74) is 0.945. The van der Waals surface area contributed by atoms with Crippen molar-refractivity contribution in [2.75, 3.05) is 25.6 Å². The second-order valence-corrected chi connectivity index (χ2v) is 5.08. The third kappa shape index (κ3) is 5.69. The maximum atomic E-state index is 12.1. The van der Waals surface area contributed by atoms with Crippen molar-refractivity contribution < 1.29 is 22.6 Å². The fourth-order valence-electron chi connectivity index (χ4n) is 1.76. The number of anilines is 1. The van der Waals surface area contributed by atoms with Gasteiger partial charge in [-0.25, -0.2) is 4.98 Å². The molecule has 0 aliphatic heterocycles. The molecule has 1 heterocycles. The molecular weight excluding hydrogens is 309 g/mol. The maximum absolute atomic E-state index is 12.1. The number of hydrogen-bond acceptors (Lipinski definition) is 4. The molecule has 0 unspecified atom stereocenters. The summed E-state index contributed by atoms with van der Waals surface area (Å²) in [7, 11) is 3.79. The van der Waals surface area contributed by atoms with Gasteiger partial charge in [-0.05, 0) is 42.0 Å². The summed E-state index contributed by atoms with van der Waals surface area (Å²) in [6, 6.07) is 9.77. The Morgan fingerprint density at radius 3 is 2.17 bits per heavy atom. The number of hydrogen-bond donors (Lipinski definition) is 0. The summed E-state index contributed by atoms with van der Waals surface area (Å²) in [5.74, 6) is 1.52. The summed E-state index contributed by atoms with van der Waals surface area (Å²) >= 11 is 0. The lowest BCUT2D eigenvalue weighted by atomic mass is 10.2. The van der Waals surface area contributed by atoms with Crippen LogP contribution in [0.1, 0.15) is 5.56 Å². The van der Waals surface area contributed by atoms with Crippen molar-refractivity contribution in [3.05, 3.63) is 48.2 Å². The molecule has 2 aromatic rings. The van der Waals surface area contributed by atoms with Gasteiger partial charge in [0.15, 0.2) is 6.61 Å². The molecular formula is C16H17F3N2O2. The van der Waals surface area contributed by atoms with Gasteiger partial charge in [0.25, 0.3) is 0 Å². The Morgan fingerprint density at radius 2 is 1.61 bits per heavy atom. The Labute approximate surface area is 132 Å². The van der Waals surface area contributed by atoms with E-state index < -0.39 is 12.8 Å². The van der Waals surface area contributed by atoms with E-state index in [2.05, 4.69) is 9.72 Å². The van der Waals surface area contributed by atoms with E-state index in [-0.39, 0.29) is 5.75 Å². The number of aromatic nitrogens is 1. The summed E-state index contributed by atoms with van der Waals surface area (Å²) in [6.45, 7) is -0.969. The zero-order chi connectivity index (χ0) is 16.9. The normalized spacial score (nSPS) is 11.2. The molecule has 0 saturated carbocycles. The smallest absolute Gasteiger partial charge is 0.422 e. The largest absolute Gasteiger partial charge is 0.489 e. The van der Waals surface area contributed by atoms with Gasteiger partial charge in [-0.1, -0.05) is 0 Å². The van der Waals surface area contributed by atoms with Crippen molar-refractivity contribution in [1.29, 1.82) is 0 Å². The highest BCUT2D eigenvalue weighted by Gasteiger charge is 2.28. The fraction of sp³-hybridized carbons (Fsp3) is 0.312. The highest BCUT2D eigenvalue weighted by atomic mass is 19.4. The molecule has 1 aromatic carbocycles. The van der Waals surface area contributed by atoms with E-state index in [1.54, 1.807) is 18.3 Å². The molecule has 124 valence electrons. The molecule has 1 aromatic heterocycles. The molecule has 0 spiro atoms. The molecule has 4 nitrogen and oxygen atoms in total. The number of nitrogens with zero attached hydrogens (tertiary/aromatic N) is 2. The molecule has 0 radical (unpaired) electrons. The standard InChI is InChI=1S/C16H17F3N2O2/c1-21(2)15-9-12(7-8-20-15)10-22-13-3-5-14(6-4-13)23-11-16(17,18)19/h3-9H,10-11H2,1-2H3. The van der Waals surface area contributed by atoms with Crippen LogP contribution in [-0.4, -0.2) is 31.9 Å². The van der Waals surface area contributed by atoms with Crippen LogP contribution in [-0.2, 0) is 6.61 Å². The minimum atomic E-state index is -4.35. The first-order valence-corrected chi connectivity index (χ1v) is 6.88. The van der Waals surface area contributed by atoms with E-state index in [0.29, 0.717) is 12.4 Å². The fourth-order valence-corrected chi connectivity index (χ4v) is 1.76. The molecule has 7 heteroatoms. The van der Waals surface area contributed by atoms with Gasteiger partial charge in [0.1, 0.15) is 23.9 Å². The van der Waals surface area contributed by atoms with Crippen molar-refractivity contribution in [2.24, 2.45) is 0 Å². The molecule has 0 saturated heterocycles. The molecule has 0 fully saturated rings. The number of pyridine rings is 1. The SMILES string of the molecule is CN(C)c1cc(COc2ccc(OCC(F)(F)F)cc2)ccn1. The van der Waals surface area contributed by atoms with Crippen molar-refractivity contribution in [1.82, 2.24) is 4.98 Å². The Hall–Kier alpha value is -2.44. The van der Waals surface area contributed by atoms with E-state index in [1.807, 2.05) is 31.1 Å². The first-order chi connectivity index (χ1) is 10.8. The lowest BCUT2D eigenvalue weighted by molar-refractivity contribution is -0.153.